The summed E-state index contributed by atoms with van der Waals surface area (Å²) < 4.78 is 16.8. The largest absolute Gasteiger partial charge is 0.503 e. The first kappa shape index (κ1) is 23.7. The molecule has 0 aromatic heterocycles. The molecule has 7 heteroatoms. The maximum Gasteiger partial charge on any atom is 0.181 e. The van der Waals surface area contributed by atoms with Gasteiger partial charge >= 0.3 is 0 Å². The predicted molar refractivity (Wildman–Crippen MR) is 126 cm³/mol. The summed E-state index contributed by atoms with van der Waals surface area (Å²) in [7, 11) is 2.93. The van der Waals surface area contributed by atoms with Gasteiger partial charge in [0.05, 0.1) is 19.9 Å². The number of methoxy groups -OCH3 is 2. The van der Waals surface area contributed by atoms with Gasteiger partial charge in [-0.3, -0.25) is 9.59 Å². The van der Waals surface area contributed by atoms with Crippen molar-refractivity contribution in [3.63, 3.8) is 0 Å². The van der Waals surface area contributed by atoms with Gasteiger partial charge in [-0.1, -0.05) is 30.3 Å². The van der Waals surface area contributed by atoms with Crippen LogP contribution in [0.5, 0.6) is 23.0 Å². The SMILES string of the molecule is COc1cc(C(C)=O)cc(NCc2cc(C(C)=O)cc(OC)c2OCc2ccccc2)c1O. The lowest BCUT2D eigenvalue weighted by Crippen LogP contribution is -2.08. The average molecular weight is 450 g/mol. The van der Waals surface area contributed by atoms with Crippen LogP contribution in [0.3, 0.4) is 0 Å². The van der Waals surface area contributed by atoms with Crippen LogP contribution in [0.15, 0.2) is 54.6 Å². The van der Waals surface area contributed by atoms with Crippen LogP contribution in [0.2, 0.25) is 0 Å². The van der Waals surface area contributed by atoms with E-state index in [1.807, 2.05) is 30.3 Å². The Labute approximate surface area is 192 Å². The van der Waals surface area contributed by atoms with Crippen molar-refractivity contribution in [2.45, 2.75) is 27.0 Å². The van der Waals surface area contributed by atoms with Gasteiger partial charge in [0.1, 0.15) is 6.61 Å². The van der Waals surface area contributed by atoms with Gasteiger partial charge in [-0.25, -0.2) is 0 Å². The number of carbonyl (C=O) groups is 2. The van der Waals surface area contributed by atoms with Gasteiger partial charge in [-0.15, -0.1) is 0 Å². The first-order valence-electron chi connectivity index (χ1n) is 10.4. The second kappa shape index (κ2) is 10.5. The Morgan fingerprint density at radius 1 is 0.879 bits per heavy atom. The molecular formula is C26H27NO6. The van der Waals surface area contributed by atoms with E-state index in [2.05, 4.69) is 5.32 Å². The molecule has 0 bridgehead atoms. The van der Waals surface area contributed by atoms with Crippen molar-refractivity contribution >= 4 is 17.3 Å². The van der Waals surface area contributed by atoms with Crippen LogP contribution >= 0.6 is 0 Å². The van der Waals surface area contributed by atoms with E-state index >= 15 is 0 Å². The first-order chi connectivity index (χ1) is 15.8. The quantitative estimate of drug-likeness (QED) is 0.332. The number of hydrogen-bond donors (Lipinski definition) is 2. The van der Waals surface area contributed by atoms with E-state index < -0.39 is 0 Å². The Morgan fingerprint density at radius 3 is 2.09 bits per heavy atom. The highest BCUT2D eigenvalue weighted by molar-refractivity contribution is 5.96. The number of hydrogen-bond acceptors (Lipinski definition) is 7. The van der Waals surface area contributed by atoms with E-state index in [1.54, 1.807) is 18.2 Å². The molecule has 2 N–H and O–H groups in total. The summed E-state index contributed by atoms with van der Waals surface area (Å²) in [5.41, 5.74) is 2.81. The molecule has 33 heavy (non-hydrogen) atoms. The molecule has 0 saturated heterocycles. The number of ketones is 2. The average Bonchev–Trinajstić information content (AvgIpc) is 2.82. The maximum atomic E-state index is 12.1. The molecule has 0 aliphatic rings. The highest BCUT2D eigenvalue weighted by Crippen LogP contribution is 2.38. The van der Waals surface area contributed by atoms with Crippen molar-refractivity contribution in [2.75, 3.05) is 19.5 Å². The molecule has 172 valence electrons. The van der Waals surface area contributed by atoms with Crippen molar-refractivity contribution in [2.24, 2.45) is 0 Å². The Morgan fingerprint density at radius 2 is 1.48 bits per heavy atom. The van der Waals surface area contributed by atoms with Crippen molar-refractivity contribution in [1.82, 2.24) is 0 Å². The fourth-order valence-electron chi connectivity index (χ4n) is 3.33. The van der Waals surface area contributed by atoms with E-state index in [1.165, 1.54) is 34.1 Å². The number of anilines is 1. The maximum absolute atomic E-state index is 12.1. The number of ether oxygens (including phenoxy) is 3. The number of phenols is 1. The summed E-state index contributed by atoms with van der Waals surface area (Å²) in [6.07, 6.45) is 0. The van der Waals surface area contributed by atoms with Crippen molar-refractivity contribution in [3.8, 4) is 23.0 Å². The zero-order valence-corrected chi connectivity index (χ0v) is 19.1. The summed E-state index contributed by atoms with van der Waals surface area (Å²) in [5.74, 6) is 0.684. The Bertz CT molecular complexity index is 1160. The van der Waals surface area contributed by atoms with Gasteiger partial charge in [0, 0.05) is 23.2 Å². The number of benzene rings is 3. The molecule has 7 nitrogen and oxygen atoms in total. The second-order valence-corrected chi connectivity index (χ2v) is 7.48. The highest BCUT2D eigenvalue weighted by atomic mass is 16.5. The van der Waals surface area contributed by atoms with Crippen LogP contribution in [-0.4, -0.2) is 30.9 Å². The molecule has 0 amide bonds. The van der Waals surface area contributed by atoms with Crippen LogP contribution in [0.4, 0.5) is 5.69 Å². The van der Waals surface area contributed by atoms with Gasteiger partial charge in [0.15, 0.2) is 34.6 Å². The number of carbonyl (C=O) groups excluding carboxylic acids is 2. The van der Waals surface area contributed by atoms with Gasteiger partial charge in [0.2, 0.25) is 0 Å². The molecule has 0 atom stereocenters. The third-order valence-corrected chi connectivity index (χ3v) is 5.15. The molecule has 0 unspecified atom stereocenters. The summed E-state index contributed by atoms with van der Waals surface area (Å²) >= 11 is 0. The molecule has 0 heterocycles. The molecule has 3 aromatic carbocycles. The van der Waals surface area contributed by atoms with Gasteiger partial charge in [-0.2, -0.15) is 0 Å². The van der Waals surface area contributed by atoms with Crippen LogP contribution in [0.1, 0.15) is 45.7 Å². The van der Waals surface area contributed by atoms with Crippen LogP contribution in [-0.2, 0) is 13.2 Å². The summed E-state index contributed by atoms with van der Waals surface area (Å²) in [4.78, 5) is 24.0. The number of nitrogens with one attached hydrogen (secondary N) is 1. The van der Waals surface area contributed by atoms with Crippen LogP contribution < -0.4 is 19.5 Å². The molecule has 0 saturated carbocycles. The normalized spacial score (nSPS) is 10.4. The zero-order valence-electron chi connectivity index (χ0n) is 19.1. The summed E-state index contributed by atoms with van der Waals surface area (Å²) in [6.45, 7) is 3.41. The topological polar surface area (TPSA) is 94.1 Å². The highest BCUT2D eigenvalue weighted by Gasteiger charge is 2.18. The number of phenolic OH excluding ortho intramolecular Hbond substituents is 1. The zero-order chi connectivity index (χ0) is 24.0. The van der Waals surface area contributed by atoms with E-state index in [-0.39, 0.29) is 29.6 Å². The molecular weight excluding hydrogens is 422 g/mol. The minimum absolute atomic E-state index is 0.118. The second-order valence-electron chi connectivity index (χ2n) is 7.48. The monoisotopic (exact) mass is 449 g/mol. The molecule has 3 rings (SSSR count). The van der Waals surface area contributed by atoms with Gasteiger partial charge < -0.3 is 24.6 Å². The molecule has 3 aromatic rings. The smallest absolute Gasteiger partial charge is 0.181 e. The van der Waals surface area contributed by atoms with E-state index in [4.69, 9.17) is 14.2 Å². The lowest BCUT2D eigenvalue weighted by Gasteiger charge is -2.18. The standard InChI is InChI=1S/C26H27NO6/c1-16(28)19-10-21(14-27-22-11-20(17(2)29)12-23(31-3)25(22)30)26(24(13-19)32-4)33-15-18-8-6-5-7-9-18/h5-13,27,30H,14-15H2,1-4H3. The summed E-state index contributed by atoms with van der Waals surface area (Å²) in [6, 6.07) is 16.1. The third-order valence-electron chi connectivity index (χ3n) is 5.15. The fourth-order valence-corrected chi connectivity index (χ4v) is 3.33. The van der Waals surface area contributed by atoms with Gasteiger partial charge in [0.25, 0.3) is 0 Å². The first-order valence-corrected chi connectivity index (χ1v) is 10.4. The molecule has 0 aliphatic heterocycles. The lowest BCUT2D eigenvalue weighted by atomic mass is 10.0. The van der Waals surface area contributed by atoms with Crippen molar-refractivity contribution in [3.05, 3.63) is 76.9 Å². The predicted octanol–water partition coefficient (Wildman–Crippen LogP) is 5.01. The van der Waals surface area contributed by atoms with Crippen molar-refractivity contribution in [1.29, 1.82) is 0 Å². The van der Waals surface area contributed by atoms with Gasteiger partial charge in [-0.05, 0) is 43.7 Å². The Kier molecular flexibility index (Phi) is 7.56. The lowest BCUT2D eigenvalue weighted by molar-refractivity contribution is 0.100. The minimum atomic E-state index is -0.163. The molecule has 0 radical (unpaired) electrons. The fraction of sp³-hybridized carbons (Fsp3) is 0.231. The number of aromatic hydroxyl groups is 1. The number of rotatable bonds is 10. The van der Waals surface area contributed by atoms with Crippen LogP contribution in [0, 0.1) is 0 Å². The third kappa shape index (κ3) is 5.63. The Balaban J connectivity index is 1.97. The van der Waals surface area contributed by atoms with Crippen LogP contribution in [0.25, 0.3) is 0 Å². The summed E-state index contributed by atoms with van der Waals surface area (Å²) in [5, 5.41) is 13.7. The van der Waals surface area contributed by atoms with E-state index in [9.17, 15) is 14.7 Å². The number of Topliss-reactive ketones (excluding diaryl/α,β-unsaturated/α-hetero) is 2. The molecule has 0 fully saturated rings. The van der Waals surface area contributed by atoms with E-state index in [0.717, 1.165) is 5.56 Å². The minimum Gasteiger partial charge on any atom is -0.503 e. The Hall–Kier alpha value is -4.00. The van der Waals surface area contributed by atoms with E-state index in [0.29, 0.717) is 40.5 Å². The van der Waals surface area contributed by atoms with Crippen molar-refractivity contribution < 1.29 is 28.9 Å². The molecule has 0 spiro atoms. The molecule has 0 aliphatic carbocycles.